The van der Waals surface area contributed by atoms with Gasteiger partial charge in [-0.05, 0) is 113 Å². The minimum Gasteiger partial charge on any atom is -0.508 e. The Morgan fingerprint density at radius 1 is 0.810 bits per heavy atom. The van der Waals surface area contributed by atoms with Crippen LogP contribution in [0.4, 0.5) is 0 Å². The summed E-state index contributed by atoms with van der Waals surface area (Å²) in [5, 5.41) is 53.3. The molecule has 2 aromatic rings. The smallest absolute Gasteiger partial charge is 0.129 e. The molecule has 0 saturated heterocycles. The molecule has 0 aliphatic heterocycles. The molecule has 2 aromatic carbocycles. The summed E-state index contributed by atoms with van der Waals surface area (Å²) < 4.78 is 6.34. The predicted octanol–water partition coefficient (Wildman–Crippen LogP) is 3.31. The summed E-state index contributed by atoms with van der Waals surface area (Å²) in [6.45, 7) is 0.610. The molecule has 2 aliphatic rings. The van der Waals surface area contributed by atoms with Gasteiger partial charge in [0, 0.05) is 23.1 Å². The molecular formula is C34H44N2O6. The van der Waals surface area contributed by atoms with Crippen LogP contribution in [0.3, 0.4) is 0 Å². The fraction of sp³-hybridized carbons (Fsp3) is 0.529. The first-order valence-corrected chi connectivity index (χ1v) is 15.0. The molecule has 2 aliphatic carbocycles. The standard InChI is InChI=1S/C34H44N2O6/c35-17-10-30(37)26-19-25(9-15-33(40)12-2-1-3-13-33)20-28(22-26)42-27-5-4-14-34(41,23-27)16-8-24-6-7-31(38)29(21-24)32(39)11-18-36/h6-7,19-22,27,30,32,37-41H,1-5,10-14,17-18,23,35-36H2. The second-order valence-electron chi connectivity index (χ2n) is 11.7. The molecule has 9 N–H and O–H groups in total. The van der Waals surface area contributed by atoms with Crippen molar-refractivity contribution in [1.29, 1.82) is 0 Å². The third-order valence-corrected chi connectivity index (χ3v) is 8.12. The monoisotopic (exact) mass is 576 g/mol. The first-order valence-electron chi connectivity index (χ1n) is 15.0. The van der Waals surface area contributed by atoms with Gasteiger partial charge < -0.3 is 41.7 Å². The molecular weight excluding hydrogens is 532 g/mol. The highest BCUT2D eigenvalue weighted by Gasteiger charge is 2.34. The number of hydrogen-bond acceptors (Lipinski definition) is 8. The molecule has 0 spiro atoms. The van der Waals surface area contributed by atoms with Gasteiger partial charge in [-0.3, -0.25) is 0 Å². The van der Waals surface area contributed by atoms with Crippen molar-refractivity contribution < 1.29 is 30.3 Å². The Hall–Kier alpha value is -3.08. The molecule has 0 heterocycles. The normalized spacial score (nSPS) is 23.0. The Kier molecular flexibility index (Phi) is 10.9. The number of hydrogen-bond donors (Lipinski definition) is 7. The van der Waals surface area contributed by atoms with E-state index in [-0.39, 0.29) is 24.8 Å². The van der Waals surface area contributed by atoms with Crippen LogP contribution in [-0.2, 0) is 0 Å². The summed E-state index contributed by atoms with van der Waals surface area (Å²) >= 11 is 0. The molecule has 2 fully saturated rings. The Labute approximate surface area is 248 Å². The molecule has 8 nitrogen and oxygen atoms in total. The lowest BCUT2D eigenvalue weighted by Crippen LogP contribution is -2.38. The predicted molar refractivity (Wildman–Crippen MR) is 161 cm³/mol. The van der Waals surface area contributed by atoms with Gasteiger partial charge in [-0.2, -0.15) is 0 Å². The highest BCUT2D eigenvalue weighted by Crippen LogP contribution is 2.33. The Bertz CT molecular complexity index is 1330. The average molecular weight is 577 g/mol. The first-order chi connectivity index (χ1) is 20.1. The molecule has 0 amide bonds. The minimum atomic E-state index is -1.28. The van der Waals surface area contributed by atoms with E-state index in [1.807, 2.05) is 12.1 Å². The number of aliphatic hydroxyl groups excluding tert-OH is 2. The van der Waals surface area contributed by atoms with Crippen LogP contribution in [0.25, 0.3) is 0 Å². The third kappa shape index (κ3) is 8.72. The van der Waals surface area contributed by atoms with Crippen LogP contribution in [-0.4, -0.2) is 55.9 Å². The van der Waals surface area contributed by atoms with Gasteiger partial charge in [0.05, 0.1) is 12.2 Å². The molecule has 4 unspecified atom stereocenters. The highest BCUT2D eigenvalue weighted by atomic mass is 16.5. The molecule has 0 radical (unpaired) electrons. The lowest BCUT2D eigenvalue weighted by molar-refractivity contribution is 0.00565. The van der Waals surface area contributed by atoms with Crippen molar-refractivity contribution in [3.8, 4) is 35.2 Å². The number of nitrogens with two attached hydrogens (primary N) is 2. The van der Waals surface area contributed by atoms with Crippen LogP contribution in [0.2, 0.25) is 0 Å². The van der Waals surface area contributed by atoms with Crippen LogP contribution in [0.5, 0.6) is 11.5 Å². The average Bonchev–Trinajstić information content (AvgIpc) is 2.96. The Balaban J connectivity index is 1.52. The number of phenols is 1. The maximum Gasteiger partial charge on any atom is 0.129 e. The maximum absolute atomic E-state index is 11.3. The molecule has 4 rings (SSSR count). The van der Waals surface area contributed by atoms with Crippen molar-refractivity contribution in [2.45, 2.75) is 100 Å². The van der Waals surface area contributed by atoms with E-state index in [0.717, 1.165) is 25.7 Å². The second-order valence-corrected chi connectivity index (χ2v) is 11.7. The molecule has 2 saturated carbocycles. The largest absolute Gasteiger partial charge is 0.508 e. The number of aromatic hydroxyl groups is 1. The van der Waals surface area contributed by atoms with Crippen molar-refractivity contribution >= 4 is 0 Å². The van der Waals surface area contributed by atoms with Crippen LogP contribution in [0.15, 0.2) is 36.4 Å². The molecule has 0 bridgehead atoms. The van der Waals surface area contributed by atoms with Crippen LogP contribution in [0, 0.1) is 23.7 Å². The number of aliphatic hydroxyl groups is 4. The van der Waals surface area contributed by atoms with Gasteiger partial charge in [0.1, 0.15) is 28.8 Å². The van der Waals surface area contributed by atoms with Gasteiger partial charge in [-0.25, -0.2) is 0 Å². The third-order valence-electron chi connectivity index (χ3n) is 8.12. The van der Waals surface area contributed by atoms with Gasteiger partial charge in [-0.15, -0.1) is 0 Å². The SMILES string of the molecule is NCCC(O)c1cc(C#CC2(O)CCCCC2)cc(OC2CCCC(O)(C#Cc3ccc(O)c(C(O)CCN)c3)C2)c1. The molecule has 226 valence electrons. The zero-order valence-electron chi connectivity index (χ0n) is 24.2. The van der Waals surface area contributed by atoms with E-state index in [1.54, 1.807) is 18.2 Å². The van der Waals surface area contributed by atoms with Crippen molar-refractivity contribution in [1.82, 2.24) is 0 Å². The topological polar surface area (TPSA) is 162 Å². The zero-order valence-corrected chi connectivity index (χ0v) is 24.2. The van der Waals surface area contributed by atoms with E-state index >= 15 is 0 Å². The molecule has 8 heteroatoms. The van der Waals surface area contributed by atoms with Crippen LogP contribution in [0.1, 0.15) is 105 Å². The molecule has 4 atom stereocenters. The van der Waals surface area contributed by atoms with E-state index in [4.69, 9.17) is 16.2 Å². The van der Waals surface area contributed by atoms with E-state index in [9.17, 15) is 25.5 Å². The second kappa shape index (κ2) is 14.4. The lowest BCUT2D eigenvalue weighted by atomic mass is 9.83. The molecule has 42 heavy (non-hydrogen) atoms. The Morgan fingerprint density at radius 2 is 1.48 bits per heavy atom. The van der Waals surface area contributed by atoms with E-state index < -0.39 is 23.4 Å². The fourth-order valence-electron chi connectivity index (χ4n) is 5.74. The lowest BCUT2D eigenvalue weighted by Gasteiger charge is -2.33. The van der Waals surface area contributed by atoms with Gasteiger partial charge in [0.2, 0.25) is 0 Å². The summed E-state index contributed by atoms with van der Waals surface area (Å²) in [4.78, 5) is 0. The fourth-order valence-corrected chi connectivity index (χ4v) is 5.74. The number of benzene rings is 2. The summed E-state index contributed by atoms with van der Waals surface area (Å²) in [6.07, 6.45) is 5.25. The van der Waals surface area contributed by atoms with E-state index in [2.05, 4.69) is 23.7 Å². The maximum atomic E-state index is 11.3. The summed E-state index contributed by atoms with van der Waals surface area (Å²) in [6, 6.07) is 10.1. The van der Waals surface area contributed by atoms with E-state index in [0.29, 0.717) is 73.1 Å². The minimum absolute atomic E-state index is 0.0258. The summed E-state index contributed by atoms with van der Waals surface area (Å²) in [5.41, 5.74) is 11.2. The van der Waals surface area contributed by atoms with Gasteiger partial charge >= 0.3 is 0 Å². The van der Waals surface area contributed by atoms with Crippen LogP contribution >= 0.6 is 0 Å². The molecule has 0 aromatic heterocycles. The quantitative estimate of drug-likeness (QED) is 0.236. The van der Waals surface area contributed by atoms with Crippen molar-refractivity contribution in [2.24, 2.45) is 11.5 Å². The van der Waals surface area contributed by atoms with E-state index in [1.165, 1.54) is 6.07 Å². The Morgan fingerprint density at radius 3 is 2.21 bits per heavy atom. The highest BCUT2D eigenvalue weighted by molar-refractivity contribution is 5.46. The summed E-state index contributed by atoms with van der Waals surface area (Å²) in [5.74, 6) is 12.7. The van der Waals surface area contributed by atoms with Gasteiger partial charge in [0.25, 0.3) is 0 Å². The van der Waals surface area contributed by atoms with Crippen molar-refractivity contribution in [3.05, 3.63) is 58.7 Å². The summed E-state index contributed by atoms with van der Waals surface area (Å²) in [7, 11) is 0. The number of ether oxygens (including phenoxy) is 1. The van der Waals surface area contributed by atoms with Crippen LogP contribution < -0.4 is 16.2 Å². The van der Waals surface area contributed by atoms with Gasteiger partial charge in [0.15, 0.2) is 0 Å². The number of phenolic OH excluding ortho intramolecular Hbond substituents is 1. The van der Waals surface area contributed by atoms with Crippen molar-refractivity contribution in [3.63, 3.8) is 0 Å². The zero-order chi connectivity index (χ0) is 30.2. The first kappa shape index (κ1) is 31.8. The number of rotatable bonds is 8. The van der Waals surface area contributed by atoms with Crippen molar-refractivity contribution in [2.75, 3.05) is 13.1 Å². The van der Waals surface area contributed by atoms with Gasteiger partial charge in [-0.1, -0.05) is 30.1 Å².